The van der Waals surface area contributed by atoms with E-state index in [9.17, 15) is 4.79 Å². The lowest BCUT2D eigenvalue weighted by Crippen LogP contribution is -2.44. The Labute approximate surface area is 115 Å². The molecular weight excluding hydrogens is 254 g/mol. The van der Waals surface area contributed by atoms with Crippen LogP contribution in [0.15, 0.2) is 0 Å². The fourth-order valence-electron chi connectivity index (χ4n) is 2.01. The van der Waals surface area contributed by atoms with Gasteiger partial charge in [0.2, 0.25) is 5.91 Å². The zero-order valence-corrected chi connectivity index (χ0v) is 12.3. The maximum Gasteiger partial charge on any atom is 0.237 e. The average molecular weight is 278 g/mol. The molecule has 0 aromatic rings. The number of rotatable bonds is 7. The first-order chi connectivity index (χ1) is 8.54. The second-order valence-electron chi connectivity index (χ2n) is 5.24. The van der Waals surface area contributed by atoms with Gasteiger partial charge in [0.15, 0.2) is 0 Å². The summed E-state index contributed by atoms with van der Waals surface area (Å²) in [5.41, 5.74) is 0. The quantitative estimate of drug-likeness (QED) is 0.667. The summed E-state index contributed by atoms with van der Waals surface area (Å²) in [6.07, 6.45) is 1.12. The van der Waals surface area contributed by atoms with Gasteiger partial charge < -0.3 is 14.4 Å². The summed E-state index contributed by atoms with van der Waals surface area (Å²) in [4.78, 5) is 13.6. The van der Waals surface area contributed by atoms with Gasteiger partial charge in [-0.3, -0.25) is 4.79 Å². The largest absolute Gasteiger partial charge is 0.379 e. The zero-order valence-electron chi connectivity index (χ0n) is 11.5. The van der Waals surface area contributed by atoms with Crippen LogP contribution < -0.4 is 0 Å². The molecule has 1 aliphatic heterocycles. The Bertz CT molecular complexity index is 255. The zero-order chi connectivity index (χ0) is 13.5. The molecule has 2 atom stereocenters. The van der Waals surface area contributed by atoms with Crippen molar-refractivity contribution < 1.29 is 14.3 Å². The van der Waals surface area contributed by atoms with Gasteiger partial charge >= 0.3 is 0 Å². The van der Waals surface area contributed by atoms with Crippen molar-refractivity contribution in [2.45, 2.75) is 39.3 Å². The molecule has 0 aliphatic carbocycles. The van der Waals surface area contributed by atoms with E-state index in [1.165, 1.54) is 0 Å². The molecule has 1 aliphatic rings. The van der Waals surface area contributed by atoms with Crippen LogP contribution in [-0.2, 0) is 14.3 Å². The second-order valence-corrected chi connectivity index (χ2v) is 5.51. The van der Waals surface area contributed by atoms with E-state index >= 15 is 0 Å². The van der Waals surface area contributed by atoms with Crippen molar-refractivity contribution >= 4 is 17.5 Å². The number of carbonyl (C=O) groups is 1. The normalized spacial score (nSPS) is 21.3. The Morgan fingerprint density at radius 2 is 2.22 bits per heavy atom. The van der Waals surface area contributed by atoms with E-state index in [2.05, 4.69) is 13.8 Å². The van der Waals surface area contributed by atoms with Crippen molar-refractivity contribution in [2.24, 2.45) is 5.92 Å². The molecule has 2 unspecified atom stereocenters. The molecule has 1 saturated heterocycles. The highest BCUT2D eigenvalue weighted by Gasteiger charge is 2.23. The molecule has 1 heterocycles. The summed E-state index contributed by atoms with van der Waals surface area (Å²) in [5.74, 6) is 0.433. The van der Waals surface area contributed by atoms with Crippen LogP contribution in [-0.4, -0.2) is 55.2 Å². The first kappa shape index (κ1) is 15.7. The van der Waals surface area contributed by atoms with Gasteiger partial charge in [0, 0.05) is 13.2 Å². The van der Waals surface area contributed by atoms with Gasteiger partial charge in [-0.25, -0.2) is 0 Å². The van der Waals surface area contributed by atoms with E-state index < -0.39 is 0 Å². The minimum absolute atomic E-state index is 0.0239. The summed E-state index contributed by atoms with van der Waals surface area (Å²) in [6, 6.07) is 0.0549. The fraction of sp³-hybridized carbons (Fsp3) is 0.923. The SMILES string of the molecule is CC(C)CN(C(=O)CCl)C(C)COC1CCOC1. The lowest BCUT2D eigenvalue weighted by atomic mass is 10.1. The standard InChI is InChI=1S/C13H24ClNO3/c1-10(2)7-15(13(16)6-14)11(3)8-18-12-4-5-17-9-12/h10-12H,4-9H2,1-3H3. The molecule has 0 radical (unpaired) electrons. The van der Waals surface area contributed by atoms with Gasteiger partial charge in [0.1, 0.15) is 5.88 Å². The number of alkyl halides is 1. The summed E-state index contributed by atoms with van der Waals surface area (Å²) in [6.45, 7) is 8.89. The van der Waals surface area contributed by atoms with E-state index in [4.69, 9.17) is 21.1 Å². The Morgan fingerprint density at radius 1 is 1.50 bits per heavy atom. The predicted molar refractivity (Wildman–Crippen MR) is 71.9 cm³/mol. The number of hydrogen-bond acceptors (Lipinski definition) is 3. The Balaban J connectivity index is 2.41. The third-order valence-corrected chi connectivity index (χ3v) is 3.22. The predicted octanol–water partition coefficient (Wildman–Crippen LogP) is 1.90. The van der Waals surface area contributed by atoms with E-state index in [1.54, 1.807) is 0 Å². The highest BCUT2D eigenvalue weighted by Crippen LogP contribution is 2.12. The molecule has 5 heteroatoms. The molecule has 0 saturated carbocycles. The van der Waals surface area contributed by atoms with Crippen LogP contribution in [0.4, 0.5) is 0 Å². The number of amides is 1. The number of ether oxygens (including phenoxy) is 2. The van der Waals surface area contributed by atoms with E-state index in [0.717, 1.165) is 19.6 Å². The number of carbonyl (C=O) groups excluding carboxylic acids is 1. The molecule has 1 fully saturated rings. The molecule has 18 heavy (non-hydrogen) atoms. The van der Waals surface area contributed by atoms with E-state index in [1.807, 2.05) is 11.8 Å². The van der Waals surface area contributed by atoms with Crippen LogP contribution in [0.5, 0.6) is 0 Å². The lowest BCUT2D eigenvalue weighted by Gasteiger charge is -2.30. The highest BCUT2D eigenvalue weighted by molar-refractivity contribution is 6.27. The Morgan fingerprint density at radius 3 is 2.72 bits per heavy atom. The second kappa shape index (κ2) is 7.97. The highest BCUT2D eigenvalue weighted by atomic mass is 35.5. The summed E-state index contributed by atoms with van der Waals surface area (Å²) in [7, 11) is 0. The van der Waals surface area contributed by atoms with Crippen molar-refractivity contribution in [3.05, 3.63) is 0 Å². The molecule has 0 spiro atoms. The molecule has 0 aromatic carbocycles. The van der Waals surface area contributed by atoms with Crippen molar-refractivity contribution in [2.75, 3.05) is 32.2 Å². The van der Waals surface area contributed by atoms with Gasteiger partial charge in [-0.05, 0) is 19.3 Å². The van der Waals surface area contributed by atoms with Gasteiger partial charge in [0.25, 0.3) is 0 Å². The maximum absolute atomic E-state index is 11.8. The first-order valence-corrected chi connectivity index (χ1v) is 7.12. The van der Waals surface area contributed by atoms with Crippen LogP contribution in [0.2, 0.25) is 0 Å². The first-order valence-electron chi connectivity index (χ1n) is 6.59. The van der Waals surface area contributed by atoms with E-state index in [0.29, 0.717) is 19.1 Å². The van der Waals surface area contributed by atoms with Crippen molar-refractivity contribution in [3.8, 4) is 0 Å². The smallest absolute Gasteiger partial charge is 0.237 e. The Hall–Kier alpha value is -0.320. The van der Waals surface area contributed by atoms with Crippen LogP contribution in [0.25, 0.3) is 0 Å². The summed E-state index contributed by atoms with van der Waals surface area (Å²) in [5, 5.41) is 0. The maximum atomic E-state index is 11.8. The van der Waals surface area contributed by atoms with Crippen LogP contribution in [0, 0.1) is 5.92 Å². The molecule has 0 bridgehead atoms. The monoisotopic (exact) mass is 277 g/mol. The minimum Gasteiger partial charge on any atom is -0.379 e. The fourth-order valence-corrected chi connectivity index (χ4v) is 2.16. The Kier molecular flexibility index (Phi) is 6.97. The topological polar surface area (TPSA) is 38.8 Å². The minimum atomic E-state index is -0.0239. The summed E-state index contributed by atoms with van der Waals surface area (Å²) >= 11 is 5.65. The third kappa shape index (κ3) is 5.12. The van der Waals surface area contributed by atoms with E-state index in [-0.39, 0.29) is 23.9 Å². The van der Waals surface area contributed by atoms with Crippen LogP contribution >= 0.6 is 11.6 Å². The molecule has 1 rings (SSSR count). The number of nitrogens with zero attached hydrogens (tertiary/aromatic N) is 1. The van der Waals surface area contributed by atoms with Crippen molar-refractivity contribution in [3.63, 3.8) is 0 Å². The molecule has 0 N–H and O–H groups in total. The molecule has 1 amide bonds. The third-order valence-electron chi connectivity index (χ3n) is 2.99. The number of hydrogen-bond donors (Lipinski definition) is 0. The van der Waals surface area contributed by atoms with Crippen LogP contribution in [0.3, 0.4) is 0 Å². The van der Waals surface area contributed by atoms with Gasteiger partial charge in [-0.1, -0.05) is 13.8 Å². The van der Waals surface area contributed by atoms with Gasteiger partial charge in [0.05, 0.1) is 25.4 Å². The molecule has 4 nitrogen and oxygen atoms in total. The van der Waals surface area contributed by atoms with Crippen molar-refractivity contribution in [1.29, 1.82) is 0 Å². The summed E-state index contributed by atoms with van der Waals surface area (Å²) < 4.78 is 11.0. The molecular formula is C13H24ClNO3. The number of halogens is 1. The van der Waals surface area contributed by atoms with Gasteiger partial charge in [-0.15, -0.1) is 11.6 Å². The lowest BCUT2D eigenvalue weighted by molar-refractivity contribution is -0.133. The van der Waals surface area contributed by atoms with Crippen molar-refractivity contribution in [1.82, 2.24) is 4.90 Å². The molecule has 106 valence electrons. The average Bonchev–Trinajstić information content (AvgIpc) is 2.85. The van der Waals surface area contributed by atoms with Gasteiger partial charge in [-0.2, -0.15) is 0 Å². The molecule has 0 aromatic heterocycles. The van der Waals surface area contributed by atoms with Crippen LogP contribution in [0.1, 0.15) is 27.2 Å².